The van der Waals surface area contributed by atoms with Crippen molar-refractivity contribution in [2.24, 2.45) is 0 Å². The van der Waals surface area contributed by atoms with Crippen LogP contribution in [0.3, 0.4) is 0 Å². The van der Waals surface area contributed by atoms with Gasteiger partial charge in [0.1, 0.15) is 16.5 Å². The minimum absolute atomic E-state index is 0.0985. The maximum absolute atomic E-state index is 14.5. The summed E-state index contributed by atoms with van der Waals surface area (Å²) in [5.74, 6) is -1.67. The van der Waals surface area contributed by atoms with Gasteiger partial charge in [-0.15, -0.1) is 0 Å². The van der Waals surface area contributed by atoms with Gasteiger partial charge in [-0.25, -0.2) is 17.2 Å². The van der Waals surface area contributed by atoms with E-state index in [1.165, 1.54) is 0 Å². The fourth-order valence-corrected chi connectivity index (χ4v) is 3.62. The maximum Gasteiger partial charge on any atom is 0.178 e. The third kappa shape index (κ3) is 3.04. The largest absolute Gasteiger partial charge is 0.224 e. The molecule has 1 aliphatic carbocycles. The van der Waals surface area contributed by atoms with Crippen LogP contribution in [0.25, 0.3) is 11.1 Å². The summed E-state index contributed by atoms with van der Waals surface area (Å²) in [6.07, 6.45) is 5.09. The molecule has 0 atom stereocenters. The number of rotatable bonds is 3. The van der Waals surface area contributed by atoms with Gasteiger partial charge in [-0.1, -0.05) is 42.0 Å². The predicted molar refractivity (Wildman–Crippen MR) is 91.2 cm³/mol. The Kier molecular flexibility index (Phi) is 4.13. The molecule has 3 rings (SSSR count). The standard InChI is InChI=1S/C19H16F2O2S/c1-12-5-3-6-13(9-12)14-7-4-8-15(14)16-10-18(21)19(11-17(16)20)24(2,22)23/h3-7,9-11H,8H2,1-2H3. The van der Waals surface area contributed by atoms with Crippen molar-refractivity contribution < 1.29 is 17.2 Å². The lowest BCUT2D eigenvalue weighted by molar-refractivity contribution is 0.554. The zero-order chi connectivity index (χ0) is 17.5. The third-order valence-electron chi connectivity index (χ3n) is 4.01. The monoisotopic (exact) mass is 346 g/mol. The van der Waals surface area contributed by atoms with Crippen LogP contribution in [-0.2, 0) is 9.84 Å². The van der Waals surface area contributed by atoms with Gasteiger partial charge >= 0.3 is 0 Å². The molecule has 2 aromatic carbocycles. The zero-order valence-corrected chi connectivity index (χ0v) is 14.1. The molecule has 0 amide bonds. The highest BCUT2D eigenvalue weighted by atomic mass is 32.2. The molecule has 0 bridgehead atoms. The van der Waals surface area contributed by atoms with E-state index in [2.05, 4.69) is 0 Å². The normalized spacial score (nSPS) is 14.5. The second kappa shape index (κ2) is 5.98. The van der Waals surface area contributed by atoms with E-state index < -0.39 is 26.4 Å². The lowest BCUT2D eigenvalue weighted by atomic mass is 9.95. The van der Waals surface area contributed by atoms with Gasteiger partial charge < -0.3 is 0 Å². The molecule has 0 aromatic heterocycles. The van der Waals surface area contributed by atoms with Crippen molar-refractivity contribution in [3.63, 3.8) is 0 Å². The molecule has 1 aliphatic rings. The molecule has 0 N–H and O–H groups in total. The summed E-state index contributed by atoms with van der Waals surface area (Å²) in [5.41, 5.74) is 3.56. The smallest absolute Gasteiger partial charge is 0.178 e. The number of halogens is 2. The molecule has 0 spiro atoms. The average molecular weight is 346 g/mol. The molecule has 0 fully saturated rings. The Balaban J connectivity index is 2.18. The molecule has 0 aliphatic heterocycles. The SMILES string of the molecule is Cc1cccc(C2=C(c3cc(F)c(S(C)(=O)=O)cc3F)CC=C2)c1. The van der Waals surface area contributed by atoms with Gasteiger partial charge in [0.05, 0.1) is 0 Å². The number of aryl methyl sites for hydroxylation is 1. The molecule has 2 aromatic rings. The van der Waals surface area contributed by atoms with Gasteiger partial charge in [0.15, 0.2) is 9.84 Å². The van der Waals surface area contributed by atoms with Crippen LogP contribution in [0.2, 0.25) is 0 Å². The van der Waals surface area contributed by atoms with Crippen LogP contribution in [0, 0.1) is 18.6 Å². The van der Waals surface area contributed by atoms with Crippen molar-refractivity contribution in [3.05, 3.63) is 76.9 Å². The van der Waals surface area contributed by atoms with Crippen LogP contribution in [-0.4, -0.2) is 14.7 Å². The fraction of sp³-hybridized carbons (Fsp3) is 0.158. The Labute approximate surface area is 140 Å². The van der Waals surface area contributed by atoms with Gasteiger partial charge in [-0.2, -0.15) is 0 Å². The first-order valence-corrected chi connectivity index (χ1v) is 9.32. The second-order valence-electron chi connectivity index (χ2n) is 5.90. The van der Waals surface area contributed by atoms with Crippen LogP contribution in [0.5, 0.6) is 0 Å². The lowest BCUT2D eigenvalue weighted by Crippen LogP contribution is -2.04. The van der Waals surface area contributed by atoms with E-state index in [-0.39, 0.29) is 5.56 Å². The topological polar surface area (TPSA) is 34.1 Å². The van der Waals surface area contributed by atoms with Crippen LogP contribution in [0.1, 0.15) is 23.1 Å². The molecule has 124 valence electrons. The summed E-state index contributed by atoms with van der Waals surface area (Å²) >= 11 is 0. The van der Waals surface area contributed by atoms with Gasteiger partial charge in [0.2, 0.25) is 0 Å². The highest BCUT2D eigenvalue weighted by molar-refractivity contribution is 7.90. The Morgan fingerprint density at radius 1 is 1.04 bits per heavy atom. The van der Waals surface area contributed by atoms with Crippen molar-refractivity contribution in [2.75, 3.05) is 6.26 Å². The van der Waals surface area contributed by atoms with E-state index in [0.29, 0.717) is 12.0 Å². The Morgan fingerprint density at radius 3 is 2.46 bits per heavy atom. The Hall–Kier alpha value is -2.27. The van der Waals surface area contributed by atoms with Crippen LogP contribution < -0.4 is 0 Å². The van der Waals surface area contributed by atoms with Crippen molar-refractivity contribution >= 4 is 21.0 Å². The highest BCUT2D eigenvalue weighted by Gasteiger charge is 2.22. The Morgan fingerprint density at radius 2 is 1.79 bits per heavy atom. The minimum Gasteiger partial charge on any atom is -0.224 e. The fourth-order valence-electron chi connectivity index (χ4n) is 2.89. The van der Waals surface area contributed by atoms with Crippen LogP contribution in [0.4, 0.5) is 8.78 Å². The number of allylic oxidation sites excluding steroid dienone is 4. The summed E-state index contributed by atoms with van der Waals surface area (Å²) in [5, 5.41) is 0. The maximum atomic E-state index is 14.5. The van der Waals surface area contributed by atoms with Crippen molar-refractivity contribution in [1.29, 1.82) is 0 Å². The number of benzene rings is 2. The van der Waals surface area contributed by atoms with E-state index in [1.807, 2.05) is 43.3 Å². The number of hydrogen-bond acceptors (Lipinski definition) is 2. The van der Waals surface area contributed by atoms with Crippen molar-refractivity contribution in [1.82, 2.24) is 0 Å². The van der Waals surface area contributed by atoms with E-state index in [1.54, 1.807) is 0 Å². The number of sulfone groups is 1. The van der Waals surface area contributed by atoms with Crippen LogP contribution in [0.15, 0.2) is 53.4 Å². The second-order valence-corrected chi connectivity index (χ2v) is 7.89. The van der Waals surface area contributed by atoms with Gasteiger partial charge in [-0.3, -0.25) is 0 Å². The molecule has 0 unspecified atom stereocenters. The molecule has 5 heteroatoms. The molecule has 0 heterocycles. The third-order valence-corrected chi connectivity index (χ3v) is 5.12. The summed E-state index contributed by atoms with van der Waals surface area (Å²) < 4.78 is 51.7. The van der Waals surface area contributed by atoms with E-state index in [4.69, 9.17) is 0 Å². The predicted octanol–water partition coefficient (Wildman–Crippen LogP) is 4.55. The molecular formula is C19H16F2O2S. The molecular weight excluding hydrogens is 330 g/mol. The Bertz CT molecular complexity index is 986. The molecule has 2 nitrogen and oxygen atoms in total. The van der Waals surface area contributed by atoms with Gasteiger partial charge in [-0.05, 0) is 42.2 Å². The zero-order valence-electron chi connectivity index (χ0n) is 13.3. The quantitative estimate of drug-likeness (QED) is 0.817. The minimum atomic E-state index is -3.81. The van der Waals surface area contributed by atoms with E-state index in [9.17, 15) is 17.2 Å². The first-order chi connectivity index (χ1) is 11.3. The summed E-state index contributed by atoms with van der Waals surface area (Å²) in [6, 6.07) is 9.50. The summed E-state index contributed by atoms with van der Waals surface area (Å²) in [6.45, 7) is 1.96. The first-order valence-electron chi connectivity index (χ1n) is 7.43. The van der Waals surface area contributed by atoms with Crippen LogP contribution >= 0.6 is 0 Å². The first kappa shape index (κ1) is 16.6. The van der Waals surface area contributed by atoms with E-state index in [0.717, 1.165) is 35.1 Å². The van der Waals surface area contributed by atoms with Crippen molar-refractivity contribution in [3.8, 4) is 0 Å². The van der Waals surface area contributed by atoms with Gasteiger partial charge in [0.25, 0.3) is 0 Å². The van der Waals surface area contributed by atoms with Gasteiger partial charge in [0, 0.05) is 11.8 Å². The van der Waals surface area contributed by atoms with E-state index >= 15 is 0 Å². The lowest BCUT2D eigenvalue weighted by Gasteiger charge is -2.12. The molecule has 24 heavy (non-hydrogen) atoms. The number of hydrogen-bond donors (Lipinski definition) is 0. The molecule has 0 saturated carbocycles. The molecule has 0 saturated heterocycles. The highest BCUT2D eigenvalue weighted by Crippen LogP contribution is 2.37. The summed E-state index contributed by atoms with van der Waals surface area (Å²) in [4.78, 5) is -0.618. The average Bonchev–Trinajstić information content (AvgIpc) is 2.97. The van der Waals surface area contributed by atoms with Crippen molar-refractivity contribution in [2.45, 2.75) is 18.2 Å². The summed E-state index contributed by atoms with van der Waals surface area (Å²) in [7, 11) is -3.81. The molecule has 0 radical (unpaired) electrons.